The summed E-state index contributed by atoms with van der Waals surface area (Å²) in [6.45, 7) is 7.72. The van der Waals surface area contributed by atoms with Crippen LogP contribution in [0.15, 0.2) is 22.7 Å². The molecule has 3 rings (SSSR count). The zero-order valence-corrected chi connectivity index (χ0v) is 14.0. The Hall–Kier alpha value is -0.410. The Labute approximate surface area is 129 Å². The Morgan fingerprint density at radius 2 is 2.10 bits per heavy atom. The average molecular weight is 341 g/mol. The molecule has 2 fully saturated rings. The van der Waals surface area contributed by atoms with Gasteiger partial charge in [0.2, 0.25) is 0 Å². The lowest BCUT2D eigenvalue weighted by molar-refractivity contribution is -0.0552. The number of benzene rings is 1. The van der Waals surface area contributed by atoms with Crippen LogP contribution in [-0.4, -0.2) is 6.10 Å². The van der Waals surface area contributed by atoms with Crippen molar-refractivity contribution in [1.82, 2.24) is 0 Å². The van der Waals surface area contributed by atoms with E-state index in [9.17, 15) is 4.39 Å². The fourth-order valence-electron chi connectivity index (χ4n) is 4.21. The summed E-state index contributed by atoms with van der Waals surface area (Å²) in [6.07, 6.45) is 4.10. The first kappa shape index (κ1) is 14.5. The lowest BCUT2D eigenvalue weighted by Gasteiger charge is -2.39. The molecule has 2 aliphatic carbocycles. The summed E-state index contributed by atoms with van der Waals surface area (Å²) in [5.74, 6) is 0.572. The molecular weight excluding hydrogens is 319 g/mol. The van der Waals surface area contributed by atoms with Crippen molar-refractivity contribution >= 4 is 15.9 Å². The zero-order chi connectivity index (χ0) is 14.5. The first-order valence-corrected chi connectivity index (χ1v) is 8.19. The number of fused-ring (bicyclic) bond motifs is 2. The van der Waals surface area contributed by atoms with E-state index in [-0.39, 0.29) is 11.2 Å². The molecule has 1 aromatic rings. The van der Waals surface area contributed by atoms with Gasteiger partial charge in [-0.1, -0.05) is 42.8 Å². The van der Waals surface area contributed by atoms with Crippen molar-refractivity contribution in [3.63, 3.8) is 0 Å². The predicted molar refractivity (Wildman–Crippen MR) is 81.9 cm³/mol. The maximum atomic E-state index is 13.1. The van der Waals surface area contributed by atoms with E-state index in [1.165, 1.54) is 31.4 Å². The highest BCUT2D eigenvalue weighted by molar-refractivity contribution is 9.10. The van der Waals surface area contributed by atoms with Crippen LogP contribution in [0.5, 0.6) is 0 Å². The Balaban J connectivity index is 1.71. The monoisotopic (exact) mass is 340 g/mol. The normalized spacial score (nSPS) is 34.6. The summed E-state index contributed by atoms with van der Waals surface area (Å²) in [7, 11) is 0. The maximum Gasteiger partial charge on any atom is 0.124 e. The summed E-state index contributed by atoms with van der Waals surface area (Å²) in [5.41, 5.74) is 1.68. The maximum absolute atomic E-state index is 13.1. The molecule has 0 radical (unpaired) electrons. The van der Waals surface area contributed by atoms with E-state index >= 15 is 0 Å². The highest BCUT2D eigenvalue weighted by atomic mass is 79.9. The minimum atomic E-state index is -0.214. The molecular formula is C17H22BrFO. The van der Waals surface area contributed by atoms with Crippen LogP contribution >= 0.6 is 15.9 Å². The number of halogens is 2. The highest BCUT2D eigenvalue weighted by Crippen LogP contribution is 2.66. The lowest BCUT2D eigenvalue weighted by Crippen LogP contribution is -2.37. The fourth-order valence-corrected chi connectivity index (χ4v) is 4.68. The fraction of sp³-hybridized carbons (Fsp3) is 0.647. The molecule has 3 heteroatoms. The number of rotatable bonds is 3. The lowest BCUT2D eigenvalue weighted by atomic mass is 9.70. The summed E-state index contributed by atoms with van der Waals surface area (Å²) in [5, 5.41) is 0. The van der Waals surface area contributed by atoms with Gasteiger partial charge in [-0.3, -0.25) is 0 Å². The van der Waals surface area contributed by atoms with Crippen LogP contribution in [0, 0.1) is 22.6 Å². The van der Waals surface area contributed by atoms with Crippen LogP contribution in [0.3, 0.4) is 0 Å². The zero-order valence-electron chi connectivity index (χ0n) is 12.4. The molecule has 110 valence electrons. The van der Waals surface area contributed by atoms with E-state index in [2.05, 4.69) is 36.7 Å². The van der Waals surface area contributed by atoms with Crippen molar-refractivity contribution in [1.29, 1.82) is 0 Å². The van der Waals surface area contributed by atoms with Crippen molar-refractivity contribution in [2.45, 2.75) is 52.7 Å². The Kier molecular flexibility index (Phi) is 3.49. The summed E-state index contributed by atoms with van der Waals surface area (Å²) in [4.78, 5) is 0. The second kappa shape index (κ2) is 4.81. The smallest absolute Gasteiger partial charge is 0.124 e. The van der Waals surface area contributed by atoms with Gasteiger partial charge in [-0.25, -0.2) is 4.39 Å². The molecule has 2 bridgehead atoms. The first-order valence-electron chi connectivity index (χ1n) is 7.40. The van der Waals surface area contributed by atoms with Crippen molar-refractivity contribution in [3.8, 4) is 0 Å². The van der Waals surface area contributed by atoms with Gasteiger partial charge in [-0.05, 0) is 53.7 Å². The molecule has 1 nitrogen and oxygen atoms in total. The summed E-state index contributed by atoms with van der Waals surface area (Å²) < 4.78 is 20.1. The molecule has 0 amide bonds. The quantitative estimate of drug-likeness (QED) is 0.723. The van der Waals surface area contributed by atoms with E-state index in [1.807, 2.05) is 0 Å². The number of ether oxygens (including phenoxy) is 1. The minimum absolute atomic E-state index is 0.214. The van der Waals surface area contributed by atoms with Crippen LogP contribution in [0.4, 0.5) is 4.39 Å². The highest BCUT2D eigenvalue weighted by Gasteiger charge is 2.61. The van der Waals surface area contributed by atoms with E-state index in [0.717, 1.165) is 16.0 Å². The van der Waals surface area contributed by atoms with Gasteiger partial charge in [0, 0.05) is 4.47 Å². The first-order chi connectivity index (χ1) is 9.34. The van der Waals surface area contributed by atoms with Gasteiger partial charge in [0.05, 0.1) is 12.7 Å². The third-order valence-electron chi connectivity index (χ3n) is 6.17. The van der Waals surface area contributed by atoms with Crippen molar-refractivity contribution in [2.24, 2.45) is 16.7 Å². The topological polar surface area (TPSA) is 9.23 Å². The van der Waals surface area contributed by atoms with E-state index < -0.39 is 0 Å². The molecule has 2 saturated carbocycles. The van der Waals surface area contributed by atoms with Gasteiger partial charge in [0.1, 0.15) is 5.82 Å². The Bertz CT molecular complexity index is 528. The molecule has 3 unspecified atom stereocenters. The molecule has 0 spiro atoms. The molecule has 0 aliphatic heterocycles. The summed E-state index contributed by atoms with van der Waals surface area (Å²) >= 11 is 3.41. The van der Waals surface area contributed by atoms with Crippen LogP contribution in [0.1, 0.15) is 45.6 Å². The molecule has 1 aromatic carbocycles. The second-order valence-corrected chi connectivity index (χ2v) is 8.00. The molecule has 2 aliphatic rings. The molecule has 0 saturated heterocycles. The van der Waals surface area contributed by atoms with Crippen LogP contribution < -0.4 is 0 Å². The number of hydrogen-bond acceptors (Lipinski definition) is 1. The standard InChI is InChI=1S/C17H22BrFO/c1-16(2)12-6-7-17(16,3)15(8-12)20-10-11-4-5-13(19)9-14(11)18/h4-5,9,12,15H,6-8,10H2,1-3H3. The third kappa shape index (κ3) is 2.05. The third-order valence-corrected chi connectivity index (χ3v) is 6.91. The average Bonchev–Trinajstić information content (AvgIpc) is 2.70. The van der Waals surface area contributed by atoms with Crippen LogP contribution in [0.2, 0.25) is 0 Å². The SMILES string of the molecule is CC1(C)C2CCC1(C)C(OCc1ccc(F)cc1Br)C2. The van der Waals surface area contributed by atoms with Gasteiger partial charge in [0.15, 0.2) is 0 Å². The van der Waals surface area contributed by atoms with Crippen molar-refractivity contribution < 1.29 is 9.13 Å². The van der Waals surface area contributed by atoms with Gasteiger partial charge >= 0.3 is 0 Å². The van der Waals surface area contributed by atoms with Gasteiger partial charge in [-0.2, -0.15) is 0 Å². The predicted octanol–water partition coefficient (Wildman–Crippen LogP) is 5.32. The largest absolute Gasteiger partial charge is 0.373 e. The molecule has 20 heavy (non-hydrogen) atoms. The van der Waals surface area contributed by atoms with Gasteiger partial charge < -0.3 is 4.74 Å². The van der Waals surface area contributed by atoms with Crippen molar-refractivity contribution in [2.75, 3.05) is 0 Å². The van der Waals surface area contributed by atoms with E-state index in [1.54, 1.807) is 6.07 Å². The molecule has 0 heterocycles. The van der Waals surface area contributed by atoms with Crippen molar-refractivity contribution in [3.05, 3.63) is 34.1 Å². The van der Waals surface area contributed by atoms with Crippen LogP contribution in [-0.2, 0) is 11.3 Å². The minimum Gasteiger partial charge on any atom is -0.373 e. The van der Waals surface area contributed by atoms with Gasteiger partial charge in [0.25, 0.3) is 0 Å². The summed E-state index contributed by atoms with van der Waals surface area (Å²) in [6, 6.07) is 4.81. The van der Waals surface area contributed by atoms with E-state index in [4.69, 9.17) is 4.74 Å². The van der Waals surface area contributed by atoms with E-state index in [0.29, 0.717) is 18.1 Å². The number of hydrogen-bond donors (Lipinski definition) is 0. The van der Waals surface area contributed by atoms with Crippen LogP contribution in [0.25, 0.3) is 0 Å². The molecule has 0 N–H and O–H groups in total. The second-order valence-electron chi connectivity index (χ2n) is 7.15. The molecule has 0 aromatic heterocycles. The Morgan fingerprint density at radius 1 is 1.35 bits per heavy atom. The molecule has 3 atom stereocenters. The van der Waals surface area contributed by atoms with Gasteiger partial charge in [-0.15, -0.1) is 0 Å². The Morgan fingerprint density at radius 3 is 2.65 bits per heavy atom.